The van der Waals surface area contributed by atoms with Crippen molar-refractivity contribution in [2.75, 3.05) is 18.8 Å². The molecule has 2 aromatic heterocycles. The second-order valence-corrected chi connectivity index (χ2v) is 10.2. The molecule has 3 rings (SSSR count). The normalized spacial score (nSPS) is 11.7. The highest BCUT2D eigenvalue weighted by Gasteiger charge is 2.29. The predicted molar refractivity (Wildman–Crippen MR) is 137 cm³/mol. The lowest BCUT2D eigenvalue weighted by molar-refractivity contribution is 0.0501. The van der Waals surface area contributed by atoms with E-state index in [2.05, 4.69) is 15.1 Å². The minimum absolute atomic E-state index is 0.0708. The van der Waals surface area contributed by atoms with Gasteiger partial charge in [-0.3, -0.25) is 0 Å². The van der Waals surface area contributed by atoms with E-state index in [9.17, 15) is 9.59 Å². The summed E-state index contributed by atoms with van der Waals surface area (Å²) in [6, 6.07) is 6.80. The van der Waals surface area contributed by atoms with E-state index >= 15 is 0 Å². The summed E-state index contributed by atoms with van der Waals surface area (Å²) >= 11 is 0. The fraction of sp³-hybridized carbons (Fsp3) is 0.423. The molecule has 0 atom stereocenters. The Labute approximate surface area is 216 Å². The zero-order chi connectivity index (χ0) is 27.4. The zero-order valence-electron chi connectivity index (χ0n) is 22.4. The summed E-state index contributed by atoms with van der Waals surface area (Å²) in [6.07, 6.45) is 3.42. The molecule has 0 bridgehead atoms. The fourth-order valence-corrected chi connectivity index (χ4v) is 3.19. The van der Waals surface area contributed by atoms with E-state index in [0.29, 0.717) is 34.2 Å². The molecule has 198 valence electrons. The summed E-state index contributed by atoms with van der Waals surface area (Å²) in [5.41, 5.74) is 0.305. The molecular formula is C26H33N5O6. The number of ether oxygens (including phenoxy) is 4. The van der Waals surface area contributed by atoms with Crippen LogP contribution >= 0.6 is 0 Å². The Bertz CT molecular complexity index is 1260. The first-order valence-corrected chi connectivity index (χ1v) is 11.6. The third-order valence-corrected chi connectivity index (χ3v) is 4.60. The van der Waals surface area contributed by atoms with E-state index in [1.807, 2.05) is 0 Å². The van der Waals surface area contributed by atoms with Crippen LogP contribution in [0.4, 0.5) is 21.1 Å². The van der Waals surface area contributed by atoms with Crippen molar-refractivity contribution in [3.63, 3.8) is 0 Å². The molecule has 0 aliphatic carbocycles. The van der Waals surface area contributed by atoms with E-state index in [-0.39, 0.29) is 6.79 Å². The number of aryl methyl sites for hydroxylation is 1. The van der Waals surface area contributed by atoms with Gasteiger partial charge in [0.1, 0.15) is 28.6 Å². The van der Waals surface area contributed by atoms with E-state index in [1.54, 1.807) is 91.3 Å². The first kappa shape index (κ1) is 27.6. The standard InChI is InChI=1S/C26H33N5O6/c1-17-27-12-11-22(29-17)31(24(33)37-26(5,6)7)20-10-9-18(13-21(20)35-16-34-8)19-14-28-30(15-19)23(32)36-25(2,3)4/h9-15H,16H2,1-8H3. The number of anilines is 2. The quantitative estimate of drug-likeness (QED) is 0.396. The van der Waals surface area contributed by atoms with Crippen LogP contribution in [0.5, 0.6) is 5.75 Å². The molecule has 0 fully saturated rings. The number of methoxy groups -OCH3 is 1. The summed E-state index contributed by atoms with van der Waals surface area (Å²) in [5.74, 6) is 1.12. The maximum Gasteiger partial charge on any atom is 0.435 e. The van der Waals surface area contributed by atoms with Crippen molar-refractivity contribution in [1.29, 1.82) is 0 Å². The molecule has 0 unspecified atom stereocenters. The predicted octanol–water partition coefficient (Wildman–Crippen LogP) is 5.49. The molecule has 1 aromatic carbocycles. The third kappa shape index (κ3) is 7.50. The first-order valence-electron chi connectivity index (χ1n) is 11.6. The van der Waals surface area contributed by atoms with Crippen LogP contribution in [0.25, 0.3) is 11.1 Å². The van der Waals surface area contributed by atoms with Crippen molar-refractivity contribution in [2.24, 2.45) is 0 Å². The Morgan fingerprint density at radius 3 is 2.32 bits per heavy atom. The Balaban J connectivity index is 2.06. The zero-order valence-corrected chi connectivity index (χ0v) is 22.4. The lowest BCUT2D eigenvalue weighted by atomic mass is 10.1. The van der Waals surface area contributed by atoms with Gasteiger partial charge < -0.3 is 18.9 Å². The number of carbonyl (C=O) groups excluding carboxylic acids is 2. The summed E-state index contributed by atoms with van der Waals surface area (Å²) in [5, 5.41) is 4.13. The summed E-state index contributed by atoms with van der Waals surface area (Å²) in [7, 11) is 1.49. The SMILES string of the molecule is COCOc1cc(-c2cnn(C(=O)OC(C)(C)C)c2)ccc1N(C(=O)OC(C)(C)C)c1ccnc(C)n1. The van der Waals surface area contributed by atoms with Crippen molar-refractivity contribution in [2.45, 2.75) is 59.7 Å². The molecule has 0 aliphatic rings. The van der Waals surface area contributed by atoms with Crippen LogP contribution in [-0.2, 0) is 14.2 Å². The van der Waals surface area contributed by atoms with Crippen molar-refractivity contribution < 1.29 is 28.5 Å². The minimum Gasteiger partial charge on any atom is -0.465 e. The molecule has 0 spiro atoms. The van der Waals surface area contributed by atoms with E-state index in [1.165, 1.54) is 12.0 Å². The van der Waals surface area contributed by atoms with Crippen molar-refractivity contribution >= 4 is 23.7 Å². The van der Waals surface area contributed by atoms with Gasteiger partial charge in [-0.15, -0.1) is 0 Å². The van der Waals surface area contributed by atoms with Crippen LogP contribution in [0, 0.1) is 6.92 Å². The molecular weight excluding hydrogens is 478 g/mol. The largest absolute Gasteiger partial charge is 0.465 e. The van der Waals surface area contributed by atoms with E-state index in [0.717, 1.165) is 4.68 Å². The van der Waals surface area contributed by atoms with Crippen LogP contribution in [-0.4, -0.2) is 57.0 Å². The smallest absolute Gasteiger partial charge is 0.435 e. The molecule has 0 aliphatic heterocycles. The maximum absolute atomic E-state index is 13.3. The number of amides is 1. The third-order valence-electron chi connectivity index (χ3n) is 4.60. The second kappa shape index (κ2) is 11.0. The molecule has 11 nitrogen and oxygen atoms in total. The van der Waals surface area contributed by atoms with Crippen molar-refractivity contribution in [3.8, 4) is 16.9 Å². The van der Waals surface area contributed by atoms with Gasteiger partial charge in [0.15, 0.2) is 6.79 Å². The van der Waals surface area contributed by atoms with Gasteiger partial charge in [-0.1, -0.05) is 6.07 Å². The minimum atomic E-state index is -0.749. The topological polar surface area (TPSA) is 118 Å². The lowest BCUT2D eigenvalue weighted by Crippen LogP contribution is -2.34. The molecule has 0 saturated heterocycles. The fourth-order valence-electron chi connectivity index (χ4n) is 3.19. The van der Waals surface area contributed by atoms with Gasteiger partial charge >= 0.3 is 12.2 Å². The van der Waals surface area contributed by atoms with Crippen LogP contribution in [0.1, 0.15) is 47.4 Å². The number of hydrogen-bond donors (Lipinski definition) is 0. The number of nitrogens with zero attached hydrogens (tertiary/aromatic N) is 5. The van der Waals surface area contributed by atoms with Gasteiger partial charge in [0.25, 0.3) is 0 Å². The Morgan fingerprint density at radius 2 is 1.70 bits per heavy atom. The summed E-state index contributed by atoms with van der Waals surface area (Å²) in [4.78, 5) is 35.6. The molecule has 2 heterocycles. The highest BCUT2D eigenvalue weighted by molar-refractivity contribution is 5.97. The second-order valence-electron chi connectivity index (χ2n) is 10.2. The number of rotatable bonds is 6. The monoisotopic (exact) mass is 511 g/mol. The molecule has 0 radical (unpaired) electrons. The summed E-state index contributed by atoms with van der Waals surface area (Å²) in [6.45, 7) is 12.3. The molecule has 1 amide bonds. The van der Waals surface area contributed by atoms with Gasteiger partial charge in [0, 0.05) is 25.1 Å². The molecule has 37 heavy (non-hydrogen) atoms. The summed E-state index contributed by atoms with van der Waals surface area (Å²) < 4.78 is 23.1. The van der Waals surface area contributed by atoms with Gasteiger partial charge in [-0.2, -0.15) is 9.78 Å². The van der Waals surface area contributed by atoms with E-state index in [4.69, 9.17) is 18.9 Å². The number of aromatic nitrogens is 4. The number of carbonyl (C=O) groups is 2. The van der Waals surface area contributed by atoms with Gasteiger partial charge in [-0.25, -0.2) is 24.5 Å². The van der Waals surface area contributed by atoms with Gasteiger partial charge in [0.2, 0.25) is 0 Å². The number of hydrogen-bond acceptors (Lipinski definition) is 9. The Kier molecular flexibility index (Phi) is 8.17. The van der Waals surface area contributed by atoms with E-state index < -0.39 is 23.4 Å². The molecule has 3 aromatic rings. The average Bonchev–Trinajstić information content (AvgIpc) is 3.27. The van der Waals surface area contributed by atoms with Crippen LogP contribution in [0.3, 0.4) is 0 Å². The van der Waals surface area contributed by atoms with Crippen LogP contribution < -0.4 is 9.64 Å². The van der Waals surface area contributed by atoms with Gasteiger partial charge in [0.05, 0.1) is 11.9 Å². The highest BCUT2D eigenvalue weighted by Crippen LogP contribution is 2.37. The number of benzene rings is 1. The first-order chi connectivity index (χ1) is 17.3. The Hall–Kier alpha value is -3.99. The van der Waals surface area contributed by atoms with Crippen LogP contribution in [0.2, 0.25) is 0 Å². The van der Waals surface area contributed by atoms with Crippen molar-refractivity contribution in [3.05, 3.63) is 48.7 Å². The molecule has 0 saturated carbocycles. The Morgan fingerprint density at radius 1 is 1.00 bits per heavy atom. The highest BCUT2D eigenvalue weighted by atomic mass is 16.7. The average molecular weight is 512 g/mol. The molecule has 11 heteroatoms. The van der Waals surface area contributed by atoms with Crippen LogP contribution in [0.15, 0.2) is 42.9 Å². The lowest BCUT2D eigenvalue weighted by Gasteiger charge is -2.28. The van der Waals surface area contributed by atoms with Crippen molar-refractivity contribution in [1.82, 2.24) is 19.7 Å². The maximum atomic E-state index is 13.3. The van der Waals surface area contributed by atoms with Gasteiger partial charge in [-0.05, 0) is 72.2 Å². The molecule has 0 N–H and O–H groups in total.